The standard InChI is InChI=1S/C64H41N3O/c1-2-14-45(15-3-1)66-60-24-12-8-20-54(60)56-41-44(28-37-62(56)66)49-36-38-61(51-17-5-4-16-50(49)51)65(46-30-26-42(27-31-46)43-29-39-64-57(40-43)55-21-9-13-25-63(55)68-64)47-32-34-48(35-33-47)67-58-22-10-6-18-52(58)53-19-7-11-23-59(53)67/h1-41H. The van der Waals surface area contributed by atoms with Gasteiger partial charge in [-0.25, -0.2) is 0 Å². The fraction of sp³-hybridized carbons (Fsp3) is 0. The maximum atomic E-state index is 6.18. The fourth-order valence-electron chi connectivity index (χ4n) is 10.8. The summed E-state index contributed by atoms with van der Waals surface area (Å²) in [4.78, 5) is 2.41. The Kier molecular flexibility index (Phi) is 8.55. The molecule has 3 aromatic heterocycles. The second-order valence-corrected chi connectivity index (χ2v) is 17.7. The van der Waals surface area contributed by atoms with E-state index in [2.05, 4.69) is 251 Å². The molecule has 0 saturated heterocycles. The first-order chi connectivity index (χ1) is 33.7. The van der Waals surface area contributed by atoms with Crippen molar-refractivity contribution in [1.82, 2.24) is 9.13 Å². The van der Waals surface area contributed by atoms with Gasteiger partial charge in [-0.3, -0.25) is 0 Å². The van der Waals surface area contributed by atoms with Crippen molar-refractivity contribution in [3.05, 3.63) is 249 Å². The highest BCUT2D eigenvalue weighted by Crippen LogP contribution is 2.45. The highest BCUT2D eigenvalue weighted by Gasteiger charge is 2.20. The van der Waals surface area contributed by atoms with Gasteiger partial charge in [-0.2, -0.15) is 0 Å². The molecule has 0 fully saturated rings. The Balaban J connectivity index is 0.920. The smallest absolute Gasteiger partial charge is 0.135 e. The number of benzene rings is 11. The van der Waals surface area contributed by atoms with Gasteiger partial charge >= 0.3 is 0 Å². The van der Waals surface area contributed by atoms with Crippen molar-refractivity contribution in [2.24, 2.45) is 0 Å². The van der Waals surface area contributed by atoms with Crippen LogP contribution in [0.15, 0.2) is 253 Å². The van der Waals surface area contributed by atoms with Gasteiger partial charge < -0.3 is 18.5 Å². The zero-order valence-corrected chi connectivity index (χ0v) is 36.9. The Morgan fingerprint density at radius 3 is 1.43 bits per heavy atom. The molecule has 3 heterocycles. The van der Waals surface area contributed by atoms with Crippen molar-refractivity contribution in [3.8, 4) is 33.6 Å². The number of para-hydroxylation sites is 5. The number of aromatic nitrogens is 2. The van der Waals surface area contributed by atoms with E-state index in [1.807, 2.05) is 12.1 Å². The Morgan fingerprint density at radius 1 is 0.279 bits per heavy atom. The van der Waals surface area contributed by atoms with Crippen molar-refractivity contribution in [2.45, 2.75) is 0 Å². The van der Waals surface area contributed by atoms with Crippen LogP contribution in [0.25, 0.3) is 110 Å². The molecule has 4 nitrogen and oxygen atoms in total. The van der Waals surface area contributed by atoms with Crippen molar-refractivity contribution in [1.29, 1.82) is 0 Å². The van der Waals surface area contributed by atoms with E-state index in [1.54, 1.807) is 0 Å². The third-order valence-electron chi connectivity index (χ3n) is 13.9. The number of fused-ring (bicyclic) bond motifs is 10. The molecule has 0 spiro atoms. The lowest BCUT2D eigenvalue weighted by Gasteiger charge is -2.28. The van der Waals surface area contributed by atoms with Crippen LogP contribution < -0.4 is 4.90 Å². The lowest BCUT2D eigenvalue weighted by atomic mass is 9.95. The number of nitrogens with zero attached hydrogens (tertiary/aromatic N) is 3. The van der Waals surface area contributed by atoms with Gasteiger partial charge in [-0.1, -0.05) is 146 Å². The van der Waals surface area contributed by atoms with Gasteiger partial charge in [0.25, 0.3) is 0 Å². The average molecular weight is 868 g/mol. The maximum Gasteiger partial charge on any atom is 0.135 e. The first-order valence-corrected chi connectivity index (χ1v) is 23.2. The molecular weight excluding hydrogens is 827 g/mol. The topological polar surface area (TPSA) is 26.2 Å². The first kappa shape index (κ1) is 38.2. The second kappa shape index (κ2) is 15.2. The number of hydrogen-bond acceptors (Lipinski definition) is 2. The molecular formula is C64H41N3O. The van der Waals surface area contributed by atoms with E-state index in [0.29, 0.717) is 0 Å². The van der Waals surface area contributed by atoms with Crippen molar-refractivity contribution >= 4 is 93.4 Å². The van der Waals surface area contributed by atoms with E-state index >= 15 is 0 Å². The monoisotopic (exact) mass is 867 g/mol. The lowest BCUT2D eigenvalue weighted by Crippen LogP contribution is -2.11. The summed E-state index contributed by atoms with van der Waals surface area (Å²) in [6.07, 6.45) is 0. The summed E-state index contributed by atoms with van der Waals surface area (Å²) in [5.74, 6) is 0. The predicted octanol–water partition coefficient (Wildman–Crippen LogP) is 17.7. The van der Waals surface area contributed by atoms with Gasteiger partial charge in [0.1, 0.15) is 11.2 Å². The third-order valence-corrected chi connectivity index (χ3v) is 13.9. The summed E-state index contributed by atoms with van der Waals surface area (Å²) < 4.78 is 10.9. The van der Waals surface area contributed by atoms with Crippen LogP contribution in [0.3, 0.4) is 0 Å². The average Bonchev–Trinajstić information content (AvgIpc) is 4.07. The molecule has 11 aromatic carbocycles. The molecule has 0 aliphatic carbocycles. The first-order valence-electron chi connectivity index (χ1n) is 23.2. The molecule has 0 saturated carbocycles. The molecule has 0 radical (unpaired) electrons. The molecule has 318 valence electrons. The summed E-state index contributed by atoms with van der Waals surface area (Å²) >= 11 is 0. The number of anilines is 3. The van der Waals surface area contributed by atoms with E-state index < -0.39 is 0 Å². The molecule has 0 N–H and O–H groups in total. The van der Waals surface area contributed by atoms with Crippen molar-refractivity contribution < 1.29 is 4.42 Å². The number of hydrogen-bond donors (Lipinski definition) is 0. The van der Waals surface area contributed by atoms with E-state index in [9.17, 15) is 0 Å². The number of furan rings is 1. The zero-order valence-electron chi connectivity index (χ0n) is 36.9. The molecule has 0 bridgehead atoms. The molecule has 14 rings (SSSR count). The normalized spacial score (nSPS) is 11.8. The largest absolute Gasteiger partial charge is 0.456 e. The molecule has 0 aliphatic heterocycles. The van der Waals surface area contributed by atoms with Crippen LogP contribution in [0.2, 0.25) is 0 Å². The van der Waals surface area contributed by atoms with Crippen LogP contribution in [0.4, 0.5) is 17.1 Å². The van der Waals surface area contributed by atoms with Crippen molar-refractivity contribution in [3.63, 3.8) is 0 Å². The SMILES string of the molecule is c1ccc(-n2c3ccccc3c3cc(-c4ccc(N(c5ccc(-c6ccc7oc8ccccc8c7c6)cc5)c5ccc(-n6c7ccccc7c7ccccc76)cc5)c5ccccc45)ccc32)cc1. The quantitative estimate of drug-likeness (QED) is 0.160. The maximum absolute atomic E-state index is 6.18. The minimum atomic E-state index is 0.899. The molecule has 0 amide bonds. The van der Waals surface area contributed by atoms with Crippen LogP contribution in [-0.2, 0) is 0 Å². The van der Waals surface area contributed by atoms with Crippen LogP contribution in [0, 0.1) is 0 Å². The van der Waals surface area contributed by atoms with E-state index in [0.717, 1.165) is 61.5 Å². The van der Waals surface area contributed by atoms with Crippen LogP contribution in [0.1, 0.15) is 0 Å². The Hall–Kier alpha value is -9.12. The minimum Gasteiger partial charge on any atom is -0.456 e. The van der Waals surface area contributed by atoms with Gasteiger partial charge in [0, 0.05) is 60.5 Å². The number of rotatable bonds is 7. The lowest BCUT2D eigenvalue weighted by molar-refractivity contribution is 0.669. The van der Waals surface area contributed by atoms with E-state index in [1.165, 1.54) is 65.5 Å². The molecule has 0 aliphatic rings. The molecule has 14 aromatic rings. The minimum absolute atomic E-state index is 0.899. The summed E-state index contributed by atoms with van der Waals surface area (Å²) in [7, 11) is 0. The third kappa shape index (κ3) is 5.94. The van der Waals surface area contributed by atoms with Gasteiger partial charge in [0.05, 0.1) is 27.8 Å². The fourth-order valence-corrected chi connectivity index (χ4v) is 10.8. The van der Waals surface area contributed by atoms with Crippen LogP contribution in [-0.4, -0.2) is 9.13 Å². The van der Waals surface area contributed by atoms with Crippen LogP contribution in [0.5, 0.6) is 0 Å². The summed E-state index contributed by atoms with van der Waals surface area (Å²) in [5.41, 5.74) is 16.8. The predicted molar refractivity (Wildman–Crippen MR) is 285 cm³/mol. The molecule has 0 unspecified atom stereocenters. The van der Waals surface area contributed by atoms with Gasteiger partial charge in [-0.15, -0.1) is 0 Å². The van der Waals surface area contributed by atoms with Crippen LogP contribution >= 0.6 is 0 Å². The summed E-state index contributed by atoms with van der Waals surface area (Å²) in [6, 6.07) is 90.1. The zero-order chi connectivity index (χ0) is 44.7. The van der Waals surface area contributed by atoms with Crippen molar-refractivity contribution in [2.75, 3.05) is 4.90 Å². The molecule has 0 atom stereocenters. The van der Waals surface area contributed by atoms with Gasteiger partial charge in [0.15, 0.2) is 0 Å². The molecule has 68 heavy (non-hydrogen) atoms. The van der Waals surface area contributed by atoms with Gasteiger partial charge in [-0.05, 0) is 131 Å². The highest BCUT2D eigenvalue weighted by atomic mass is 16.3. The molecule has 4 heteroatoms. The Bertz CT molecular complexity index is 4200. The van der Waals surface area contributed by atoms with Gasteiger partial charge in [0.2, 0.25) is 0 Å². The second-order valence-electron chi connectivity index (χ2n) is 17.7. The van der Waals surface area contributed by atoms with E-state index in [4.69, 9.17) is 4.42 Å². The Morgan fingerprint density at radius 2 is 0.750 bits per heavy atom. The Labute approximate surface area is 392 Å². The highest BCUT2D eigenvalue weighted by molar-refractivity contribution is 6.13. The summed E-state index contributed by atoms with van der Waals surface area (Å²) in [6.45, 7) is 0. The van der Waals surface area contributed by atoms with E-state index in [-0.39, 0.29) is 0 Å². The summed E-state index contributed by atoms with van der Waals surface area (Å²) in [5, 5.41) is 9.60.